The number of carbonyl (C=O) groups excluding carboxylic acids is 1. The number of anilines is 2. The van der Waals surface area contributed by atoms with Crippen LogP contribution >= 0.6 is 14.9 Å². The van der Waals surface area contributed by atoms with E-state index in [1.807, 2.05) is 0 Å². The van der Waals surface area contributed by atoms with Crippen molar-refractivity contribution in [1.82, 2.24) is 34.3 Å². The van der Waals surface area contributed by atoms with E-state index >= 15 is 8.78 Å². The molecule has 10 atom stereocenters. The lowest BCUT2D eigenvalue weighted by Crippen LogP contribution is -2.37. The number of imidazole rings is 1. The van der Waals surface area contributed by atoms with E-state index in [4.69, 9.17) is 48.4 Å². The molecule has 1 amide bonds. The molecule has 4 aromatic rings. The number of alkyl halides is 2. The van der Waals surface area contributed by atoms with Gasteiger partial charge in [-0.15, -0.1) is 0 Å². The zero-order chi connectivity index (χ0) is 34.4. The Labute approximate surface area is 275 Å². The smallest absolute Gasteiger partial charge is 0.280 e. The van der Waals surface area contributed by atoms with Gasteiger partial charge in [-0.05, 0) is 6.07 Å². The summed E-state index contributed by atoms with van der Waals surface area (Å²) in [6.07, 6.45) is -11.2. The maximum absolute atomic E-state index is 16.3. The number of H-pyrrole nitrogens is 1. The summed E-state index contributed by atoms with van der Waals surface area (Å²) in [5.74, 6) is -0.517. The van der Waals surface area contributed by atoms with Crippen molar-refractivity contribution in [3.63, 3.8) is 0 Å². The first kappa shape index (κ1) is 32.6. The van der Waals surface area contributed by atoms with E-state index < -0.39 is 82.9 Å². The molecule has 8 heterocycles. The van der Waals surface area contributed by atoms with Crippen molar-refractivity contribution >= 4 is 69.8 Å². The minimum absolute atomic E-state index is 0.115. The summed E-state index contributed by atoms with van der Waals surface area (Å²) >= 11 is 0. The number of aromatic nitrogens is 7. The number of nitrogens with zero attached hydrogens (tertiary/aromatic N) is 6. The molecule has 4 aliphatic rings. The molecule has 0 aromatic carbocycles. The number of rotatable bonds is 2. The molecule has 0 aliphatic carbocycles. The monoisotopic (exact) mass is 719 g/mol. The van der Waals surface area contributed by atoms with Crippen molar-refractivity contribution in [3.05, 3.63) is 34.6 Å². The summed E-state index contributed by atoms with van der Waals surface area (Å²) in [7, 11) is 2.37. The Morgan fingerprint density at radius 2 is 1.59 bits per heavy atom. The molecule has 25 heteroatoms. The highest BCUT2D eigenvalue weighted by Crippen LogP contribution is 2.54. The largest absolute Gasteiger partial charge is 0.369 e. The zero-order valence-electron chi connectivity index (χ0n) is 24.8. The minimum atomic E-state index is -4.68. The number of nitrogens with one attached hydrogen (secondary N) is 2. The van der Waals surface area contributed by atoms with Crippen LogP contribution in [-0.4, -0.2) is 105 Å². The number of hydrogen-bond donors (Lipinski definition) is 3. The number of hydrogen-bond acceptors (Lipinski definition) is 15. The second-order valence-corrected chi connectivity index (χ2v) is 14.7. The number of nitrogen functional groups attached to an aromatic ring is 1. The van der Waals surface area contributed by atoms with Crippen LogP contribution in [0.15, 0.2) is 23.4 Å². The van der Waals surface area contributed by atoms with E-state index in [2.05, 4.69) is 30.4 Å². The van der Waals surface area contributed by atoms with Crippen molar-refractivity contribution in [3.8, 4) is 0 Å². The molecule has 0 bridgehead atoms. The van der Waals surface area contributed by atoms with Gasteiger partial charge in [0.25, 0.3) is 20.5 Å². The number of aromatic amines is 1. The fourth-order valence-electron chi connectivity index (χ4n) is 6.25. The van der Waals surface area contributed by atoms with Gasteiger partial charge in [0.05, 0.1) is 36.3 Å². The van der Waals surface area contributed by atoms with Crippen LogP contribution in [0.25, 0.3) is 22.2 Å². The van der Waals surface area contributed by atoms with E-state index in [9.17, 15) is 18.7 Å². The van der Waals surface area contributed by atoms with Gasteiger partial charge in [0.1, 0.15) is 24.4 Å². The maximum atomic E-state index is 16.3. The average Bonchev–Trinajstić information content (AvgIpc) is 3.75. The van der Waals surface area contributed by atoms with Gasteiger partial charge in [-0.3, -0.25) is 28.3 Å². The summed E-state index contributed by atoms with van der Waals surface area (Å²) in [4.78, 5) is 38.8. The molecule has 4 radical (unpaired) electrons. The number of fused-ring (bicyclic) bond motifs is 3. The third kappa shape index (κ3) is 5.71. The van der Waals surface area contributed by atoms with Crippen LogP contribution in [0.2, 0.25) is 0 Å². The van der Waals surface area contributed by atoms with Crippen LogP contribution in [0.4, 0.5) is 20.4 Å². The van der Waals surface area contributed by atoms with Gasteiger partial charge in [-0.2, -0.15) is 10.1 Å². The second kappa shape index (κ2) is 11.8. The molecule has 0 saturated carbocycles. The predicted octanol–water partition coefficient (Wildman–Crippen LogP) is 0.873. The minimum Gasteiger partial charge on any atom is -0.369 e. The average molecular weight is 719 g/mol. The molecule has 4 N–H and O–H groups in total. The van der Waals surface area contributed by atoms with Gasteiger partial charge in [0, 0.05) is 19.0 Å². The Bertz CT molecular complexity index is 2160. The van der Waals surface area contributed by atoms with Gasteiger partial charge < -0.3 is 38.6 Å². The number of amides is 1. The van der Waals surface area contributed by atoms with Gasteiger partial charge in [-0.25, -0.2) is 23.4 Å². The van der Waals surface area contributed by atoms with Crippen LogP contribution in [-0.2, 0) is 47.9 Å². The number of ether oxygens (including phenoxy) is 2. The summed E-state index contributed by atoms with van der Waals surface area (Å²) in [6.45, 7) is -1.56. The molecular formula is C24H23B2F2N9O10P2. The van der Waals surface area contributed by atoms with Gasteiger partial charge in [0.15, 0.2) is 41.6 Å². The normalized spacial score (nSPS) is 36.8. The van der Waals surface area contributed by atoms with Crippen molar-refractivity contribution in [2.45, 2.75) is 62.1 Å². The SMILES string of the molecule is [B]P1(=O)OC[C@H]2O[C@@H](n3cnc4c(=O)[nH]c(N)nc43)C(F)[C@H]2OP([B])(=O)OC[C@H]2O[C@@H](n3nc4c5c(ccnc53)NC(=O)CC4)[C@@H](F)C2O1. The standard InChI is InChI=1S/C24H23B2F2N9O10P2/c25-48(40)43-6-11-18(15(28)23(45-11)37-19-13-8(3-4-30-19)32-12(38)2-1-9(13)35-37)47-49(26,41)42-5-10-17(46-48)14(27)22(44-10)36-7-31-16-20(36)33-24(29)34-21(16)39/h3-4,7,10-11,14-15,17-18,22-23H,1-2,5-6H2,(H,32,38)(H3,29,33,34,39)/t10-,11-,14?,15+,17+,18?,22-,23-,48?,49?/m1/s1. The number of carbonyl (C=O) groups is 1. The number of pyridine rings is 1. The Balaban J connectivity index is 1.08. The Kier molecular flexibility index (Phi) is 7.84. The molecule has 4 aliphatic heterocycles. The summed E-state index contributed by atoms with van der Waals surface area (Å²) < 4.78 is 94.5. The first-order chi connectivity index (χ1) is 23.3. The highest BCUT2D eigenvalue weighted by atomic mass is 31.2. The number of aryl methyl sites for hydroxylation is 1. The fourth-order valence-corrected chi connectivity index (χ4v) is 8.27. The third-order valence-corrected chi connectivity index (χ3v) is 10.5. The van der Waals surface area contributed by atoms with Crippen molar-refractivity contribution < 1.29 is 50.3 Å². The van der Waals surface area contributed by atoms with Gasteiger partial charge >= 0.3 is 0 Å². The van der Waals surface area contributed by atoms with E-state index in [1.54, 1.807) is 6.07 Å². The van der Waals surface area contributed by atoms with Crippen LogP contribution in [0.3, 0.4) is 0 Å². The van der Waals surface area contributed by atoms with Crippen LogP contribution < -0.4 is 16.6 Å². The van der Waals surface area contributed by atoms with Gasteiger partial charge in [0.2, 0.25) is 27.0 Å². The number of nitrogens with two attached hydrogens (primary N) is 1. The molecule has 4 aromatic heterocycles. The Hall–Kier alpha value is -3.55. The number of halogens is 2. The summed E-state index contributed by atoms with van der Waals surface area (Å²) in [5, 5.41) is 7.68. The maximum Gasteiger partial charge on any atom is 0.280 e. The molecule has 3 fully saturated rings. The Morgan fingerprint density at radius 1 is 0.939 bits per heavy atom. The molecule has 8 rings (SSSR count). The van der Waals surface area contributed by atoms with Crippen molar-refractivity contribution in [2.75, 3.05) is 24.3 Å². The first-order valence-electron chi connectivity index (χ1n) is 14.7. The topological polar surface area (TPSA) is 239 Å². The summed E-state index contributed by atoms with van der Waals surface area (Å²) in [6, 6.07) is 1.57. The molecule has 254 valence electrons. The van der Waals surface area contributed by atoms with Crippen LogP contribution in [0, 0.1) is 0 Å². The lowest BCUT2D eigenvalue weighted by Gasteiger charge is -2.29. The van der Waals surface area contributed by atoms with Crippen LogP contribution in [0.1, 0.15) is 24.6 Å². The van der Waals surface area contributed by atoms with E-state index in [0.29, 0.717) is 16.8 Å². The highest BCUT2D eigenvalue weighted by molar-refractivity contribution is 7.79. The third-order valence-electron chi connectivity index (χ3n) is 8.40. The van der Waals surface area contributed by atoms with Crippen LogP contribution in [0.5, 0.6) is 0 Å². The second-order valence-electron chi connectivity index (χ2n) is 11.6. The van der Waals surface area contributed by atoms with Gasteiger partial charge in [-0.1, -0.05) is 0 Å². The molecule has 3 saturated heterocycles. The zero-order valence-corrected chi connectivity index (χ0v) is 26.6. The lowest BCUT2D eigenvalue weighted by atomic mass is 10.1. The fraction of sp³-hybridized carbons (Fsp3) is 0.500. The van der Waals surface area contributed by atoms with E-state index in [0.717, 1.165) is 15.6 Å². The van der Waals surface area contributed by atoms with Crippen molar-refractivity contribution in [2.24, 2.45) is 0 Å². The van der Waals surface area contributed by atoms with E-state index in [1.165, 1.54) is 6.20 Å². The molecule has 19 nitrogen and oxygen atoms in total. The molecule has 4 unspecified atom stereocenters. The highest BCUT2D eigenvalue weighted by Gasteiger charge is 2.54. The van der Waals surface area contributed by atoms with E-state index in [-0.39, 0.29) is 41.5 Å². The lowest BCUT2D eigenvalue weighted by molar-refractivity contribution is -0.116. The van der Waals surface area contributed by atoms with Crippen molar-refractivity contribution in [1.29, 1.82) is 0 Å². The Morgan fingerprint density at radius 3 is 2.29 bits per heavy atom. The predicted molar refractivity (Wildman–Crippen MR) is 163 cm³/mol. The quantitative estimate of drug-likeness (QED) is 0.193. The molecule has 49 heavy (non-hydrogen) atoms. The summed E-state index contributed by atoms with van der Waals surface area (Å²) in [5.41, 5.74) is 5.65. The first-order valence-corrected chi connectivity index (χ1v) is 17.9. The molecule has 0 spiro atoms. The molecular weight excluding hydrogens is 696 g/mol.